The Morgan fingerprint density at radius 2 is 1.79 bits per heavy atom. The second kappa shape index (κ2) is 3.30. The number of rotatable bonds is 1. The highest BCUT2D eigenvalue weighted by atomic mass is 16.5. The van der Waals surface area contributed by atoms with Crippen LogP contribution < -0.4 is 0 Å². The maximum Gasteiger partial charge on any atom is 0.308 e. The van der Waals surface area contributed by atoms with Gasteiger partial charge in [0.25, 0.3) is 0 Å². The van der Waals surface area contributed by atoms with Gasteiger partial charge >= 0.3 is 5.97 Å². The SMILES string of the molecule is CC(=O)OC1=CC23C=CC(C)(C)C2=CC(=C1)C3(C)C. The van der Waals surface area contributed by atoms with Gasteiger partial charge in [0, 0.05) is 23.2 Å². The first kappa shape index (κ1) is 12.5. The molecule has 3 aliphatic carbocycles. The van der Waals surface area contributed by atoms with Gasteiger partial charge in [0.15, 0.2) is 0 Å². The number of allylic oxidation sites excluding steroid dienone is 7. The summed E-state index contributed by atoms with van der Waals surface area (Å²) in [5.41, 5.74) is 2.61. The summed E-state index contributed by atoms with van der Waals surface area (Å²) in [5, 5.41) is 0. The average molecular weight is 256 g/mol. The quantitative estimate of drug-likeness (QED) is 0.525. The van der Waals surface area contributed by atoms with Gasteiger partial charge in [0.05, 0.1) is 0 Å². The zero-order valence-electron chi connectivity index (χ0n) is 12.2. The zero-order valence-corrected chi connectivity index (χ0v) is 12.2. The summed E-state index contributed by atoms with van der Waals surface area (Å²) in [7, 11) is 0. The number of ether oxygens (including phenoxy) is 1. The number of carbonyl (C=O) groups excluding carboxylic acids is 1. The van der Waals surface area contributed by atoms with Crippen LogP contribution in [0.15, 0.2) is 47.3 Å². The summed E-state index contributed by atoms with van der Waals surface area (Å²) in [5.74, 6) is 0.414. The molecule has 0 aromatic rings. The second-order valence-corrected chi connectivity index (χ2v) is 6.85. The summed E-state index contributed by atoms with van der Waals surface area (Å²) in [6.45, 7) is 10.4. The van der Waals surface area contributed by atoms with Crippen LogP contribution in [0, 0.1) is 16.2 Å². The Balaban J connectivity index is 2.17. The van der Waals surface area contributed by atoms with Crippen molar-refractivity contribution in [2.75, 3.05) is 0 Å². The third-order valence-corrected chi connectivity index (χ3v) is 4.89. The Hall–Kier alpha value is -1.57. The summed E-state index contributed by atoms with van der Waals surface area (Å²) in [6, 6.07) is 0. The minimum absolute atomic E-state index is 0.0241. The van der Waals surface area contributed by atoms with Crippen LogP contribution in [0.25, 0.3) is 0 Å². The third-order valence-electron chi connectivity index (χ3n) is 4.89. The van der Waals surface area contributed by atoms with Crippen molar-refractivity contribution in [2.24, 2.45) is 16.2 Å². The van der Waals surface area contributed by atoms with Crippen LogP contribution in [0.4, 0.5) is 0 Å². The molecule has 0 heterocycles. The Morgan fingerprint density at radius 1 is 1.11 bits per heavy atom. The predicted molar refractivity (Wildman–Crippen MR) is 75.2 cm³/mol. The highest BCUT2D eigenvalue weighted by molar-refractivity contribution is 5.69. The first-order valence-corrected chi connectivity index (χ1v) is 6.76. The summed E-state index contributed by atoms with van der Waals surface area (Å²) < 4.78 is 5.32. The molecule has 0 amide bonds. The van der Waals surface area contributed by atoms with Crippen molar-refractivity contribution >= 4 is 5.97 Å². The smallest absolute Gasteiger partial charge is 0.308 e. The van der Waals surface area contributed by atoms with Crippen LogP contribution >= 0.6 is 0 Å². The molecular formula is C17H20O2. The van der Waals surface area contributed by atoms with E-state index in [0.29, 0.717) is 5.76 Å². The molecule has 0 aromatic heterocycles. The number of hydrogen-bond acceptors (Lipinski definition) is 2. The molecule has 3 aliphatic rings. The minimum Gasteiger partial charge on any atom is -0.427 e. The molecule has 0 N–H and O–H groups in total. The molecule has 0 radical (unpaired) electrons. The van der Waals surface area contributed by atoms with E-state index < -0.39 is 0 Å². The van der Waals surface area contributed by atoms with E-state index in [2.05, 4.69) is 52.0 Å². The van der Waals surface area contributed by atoms with Crippen LogP contribution in [0.2, 0.25) is 0 Å². The van der Waals surface area contributed by atoms with Gasteiger partial charge in [-0.25, -0.2) is 0 Å². The van der Waals surface area contributed by atoms with Gasteiger partial charge in [0.2, 0.25) is 0 Å². The van der Waals surface area contributed by atoms with Crippen molar-refractivity contribution in [3.63, 3.8) is 0 Å². The van der Waals surface area contributed by atoms with E-state index in [0.717, 1.165) is 0 Å². The van der Waals surface area contributed by atoms with E-state index in [1.807, 2.05) is 6.08 Å². The van der Waals surface area contributed by atoms with Crippen LogP contribution in [0.3, 0.4) is 0 Å². The lowest BCUT2D eigenvalue weighted by molar-refractivity contribution is -0.136. The van der Waals surface area contributed by atoms with Crippen LogP contribution in [-0.4, -0.2) is 5.97 Å². The van der Waals surface area contributed by atoms with Crippen LogP contribution in [-0.2, 0) is 9.53 Å². The number of fused-ring (bicyclic) bond motifs is 1. The largest absolute Gasteiger partial charge is 0.427 e. The fraction of sp³-hybridized carbons (Fsp3) is 0.471. The zero-order chi connectivity index (χ0) is 14.1. The first-order valence-electron chi connectivity index (χ1n) is 6.76. The van der Waals surface area contributed by atoms with E-state index in [1.54, 1.807) is 0 Å². The lowest BCUT2D eigenvalue weighted by atomic mass is 9.61. The topological polar surface area (TPSA) is 26.3 Å². The fourth-order valence-corrected chi connectivity index (χ4v) is 3.65. The Kier molecular flexibility index (Phi) is 2.16. The molecule has 100 valence electrons. The van der Waals surface area contributed by atoms with E-state index in [9.17, 15) is 4.79 Å². The molecule has 19 heavy (non-hydrogen) atoms. The summed E-state index contributed by atoms with van der Waals surface area (Å²) >= 11 is 0. The minimum atomic E-state index is -0.263. The number of carbonyl (C=O) groups is 1. The molecule has 1 atom stereocenters. The lowest BCUT2D eigenvalue weighted by Gasteiger charge is -2.42. The molecule has 2 nitrogen and oxygen atoms in total. The molecule has 2 bridgehead atoms. The van der Waals surface area contributed by atoms with Crippen LogP contribution in [0.1, 0.15) is 34.6 Å². The van der Waals surface area contributed by atoms with Gasteiger partial charge in [-0.1, -0.05) is 45.9 Å². The van der Waals surface area contributed by atoms with E-state index in [-0.39, 0.29) is 22.2 Å². The van der Waals surface area contributed by atoms with E-state index in [4.69, 9.17) is 4.74 Å². The van der Waals surface area contributed by atoms with Crippen molar-refractivity contribution in [1.29, 1.82) is 0 Å². The van der Waals surface area contributed by atoms with Gasteiger partial charge in [-0.05, 0) is 23.3 Å². The predicted octanol–water partition coefficient (Wildman–Crippen LogP) is 3.92. The van der Waals surface area contributed by atoms with Crippen molar-refractivity contribution in [3.05, 3.63) is 47.3 Å². The van der Waals surface area contributed by atoms with Crippen molar-refractivity contribution < 1.29 is 9.53 Å². The number of hydrogen-bond donors (Lipinski definition) is 0. The molecule has 0 saturated carbocycles. The molecule has 2 heteroatoms. The molecule has 0 aromatic carbocycles. The Morgan fingerprint density at radius 3 is 2.42 bits per heavy atom. The second-order valence-electron chi connectivity index (χ2n) is 6.85. The molecule has 1 spiro atoms. The highest BCUT2D eigenvalue weighted by Gasteiger charge is 2.58. The maximum atomic E-state index is 11.2. The average Bonchev–Trinajstić information content (AvgIpc) is 2.55. The van der Waals surface area contributed by atoms with Gasteiger partial charge in [-0.2, -0.15) is 0 Å². The summed E-state index contributed by atoms with van der Waals surface area (Å²) in [6.07, 6.45) is 10.9. The van der Waals surface area contributed by atoms with Crippen molar-refractivity contribution in [3.8, 4) is 0 Å². The van der Waals surface area contributed by atoms with E-state index in [1.165, 1.54) is 18.1 Å². The molecule has 3 rings (SSSR count). The first-order chi connectivity index (χ1) is 8.69. The molecular weight excluding hydrogens is 236 g/mol. The monoisotopic (exact) mass is 256 g/mol. The van der Waals surface area contributed by atoms with Crippen molar-refractivity contribution in [1.82, 2.24) is 0 Å². The van der Waals surface area contributed by atoms with Gasteiger partial charge < -0.3 is 4.74 Å². The summed E-state index contributed by atoms with van der Waals surface area (Å²) in [4.78, 5) is 11.2. The van der Waals surface area contributed by atoms with Crippen molar-refractivity contribution in [2.45, 2.75) is 34.6 Å². The van der Waals surface area contributed by atoms with Gasteiger partial charge in [-0.3, -0.25) is 4.79 Å². The normalized spacial score (nSPS) is 32.4. The van der Waals surface area contributed by atoms with E-state index >= 15 is 0 Å². The maximum absolute atomic E-state index is 11.2. The molecule has 0 fully saturated rings. The molecule has 1 unspecified atom stereocenters. The van der Waals surface area contributed by atoms with Gasteiger partial charge in [0.1, 0.15) is 5.76 Å². The Labute approximate surface area is 114 Å². The standard InChI is InChI=1S/C17H20O2/c1-11(18)19-13-8-12-9-14-15(2,3)6-7-17(14,10-13)16(12,4)5/h6-10H,1-5H3. The van der Waals surface area contributed by atoms with Gasteiger partial charge in [-0.15, -0.1) is 0 Å². The molecule has 0 saturated heterocycles. The lowest BCUT2D eigenvalue weighted by Crippen LogP contribution is -2.35. The molecule has 0 aliphatic heterocycles. The fourth-order valence-electron chi connectivity index (χ4n) is 3.65. The van der Waals surface area contributed by atoms with Crippen LogP contribution in [0.5, 0.6) is 0 Å². The highest BCUT2D eigenvalue weighted by Crippen LogP contribution is 2.67. The number of esters is 1. The third kappa shape index (κ3) is 1.40. The Bertz CT molecular complexity index is 597.